The number of nitrogens with zero attached hydrogens (tertiary/aromatic N) is 1. The number of rotatable bonds is 5. The zero-order valence-electron chi connectivity index (χ0n) is 20.7. The lowest BCUT2D eigenvalue weighted by molar-refractivity contribution is 0.0110. The number of benzene rings is 1. The average Bonchev–Trinajstić information content (AvgIpc) is 2.90. The Morgan fingerprint density at radius 1 is 1.03 bits per heavy atom. The fraction of sp³-hybridized carbons (Fsp3) is 0.720. The molecule has 1 aromatic rings. The molecule has 5 atom stereocenters. The van der Waals surface area contributed by atoms with E-state index in [1.54, 1.807) is 12.7 Å². The normalized spacial score (nSPS) is 34.1. The molecule has 0 N–H and O–H groups in total. The van der Waals surface area contributed by atoms with E-state index in [1.165, 1.54) is 30.5 Å². The van der Waals surface area contributed by atoms with Crippen molar-refractivity contribution in [1.29, 1.82) is 0 Å². The number of aryl methyl sites for hydroxylation is 1. The van der Waals surface area contributed by atoms with Crippen molar-refractivity contribution < 1.29 is 13.7 Å². The molecule has 0 aliphatic heterocycles. The van der Waals surface area contributed by atoms with E-state index in [2.05, 4.69) is 69.6 Å². The predicted molar refractivity (Wildman–Crippen MR) is 133 cm³/mol. The molecule has 2 fully saturated rings. The second-order valence-electron chi connectivity index (χ2n) is 12.1. The van der Waals surface area contributed by atoms with Gasteiger partial charge < -0.3 is 13.7 Å². The van der Waals surface area contributed by atoms with Crippen LogP contribution in [-0.2, 0) is 15.7 Å². The van der Waals surface area contributed by atoms with Crippen LogP contribution in [0.25, 0.3) is 0 Å². The van der Waals surface area contributed by atoms with Crippen LogP contribution >= 0.6 is 0 Å². The van der Waals surface area contributed by atoms with E-state index in [0.717, 1.165) is 18.6 Å². The molecule has 0 heterocycles. The number of hydrogen-bond acceptors (Lipinski definition) is 4. The maximum atomic E-state index is 6.81. The Morgan fingerprint density at radius 2 is 1.77 bits per heavy atom. The first-order chi connectivity index (χ1) is 14.4. The van der Waals surface area contributed by atoms with Gasteiger partial charge in [0.05, 0.1) is 11.8 Å². The third-order valence-corrected chi connectivity index (χ3v) is 9.39. The zero-order chi connectivity index (χ0) is 22.6. The minimum atomic E-state index is -1.65. The van der Waals surface area contributed by atoms with Crippen molar-refractivity contribution in [2.24, 2.45) is 22.4 Å². The molecular weight excluding hydrogens is 418 g/mol. The van der Waals surface area contributed by atoms with E-state index < -0.39 is 16.6 Å². The lowest BCUT2D eigenvalue weighted by atomic mass is 9.55. The Balaban J connectivity index is 1.66. The Labute approximate surface area is 191 Å². The highest BCUT2D eigenvalue weighted by Gasteiger charge is 2.59. The summed E-state index contributed by atoms with van der Waals surface area (Å²) >= 11 is 0. The molecule has 3 aliphatic carbocycles. The second-order valence-corrected chi connectivity index (χ2v) is 20.9. The predicted octanol–water partition coefficient (Wildman–Crippen LogP) is 6.59. The summed E-state index contributed by atoms with van der Waals surface area (Å²) in [6.45, 7) is 16.1. The summed E-state index contributed by atoms with van der Waals surface area (Å²) in [4.78, 5) is 5.30. The van der Waals surface area contributed by atoms with E-state index in [9.17, 15) is 0 Å². The van der Waals surface area contributed by atoms with Gasteiger partial charge in [0.25, 0.3) is 0 Å². The van der Waals surface area contributed by atoms with Crippen LogP contribution in [0, 0.1) is 17.3 Å². The first kappa shape index (κ1) is 23.1. The zero-order valence-corrected chi connectivity index (χ0v) is 22.7. The molecule has 6 heteroatoms. The van der Waals surface area contributed by atoms with Crippen LogP contribution in [0.2, 0.25) is 39.3 Å². The van der Waals surface area contributed by atoms with E-state index in [4.69, 9.17) is 13.7 Å². The van der Waals surface area contributed by atoms with Gasteiger partial charge in [0, 0.05) is 11.8 Å². The summed E-state index contributed by atoms with van der Waals surface area (Å²) in [6, 6.07) is 6.92. The second kappa shape index (κ2) is 8.03. The molecule has 0 radical (unpaired) electrons. The van der Waals surface area contributed by atoms with Crippen molar-refractivity contribution in [3.63, 3.8) is 0 Å². The topological polar surface area (TPSA) is 40.0 Å². The molecule has 0 unspecified atom stereocenters. The summed E-state index contributed by atoms with van der Waals surface area (Å²) in [6.07, 6.45) is 5.97. The fourth-order valence-electron chi connectivity index (χ4n) is 6.62. The Kier molecular flexibility index (Phi) is 5.97. The minimum Gasteiger partial charge on any atom is -0.544 e. The Bertz CT molecular complexity index is 857. The largest absolute Gasteiger partial charge is 0.544 e. The molecule has 4 nitrogen and oxygen atoms in total. The first-order valence-electron chi connectivity index (χ1n) is 12.0. The standard InChI is InChI=1S/C25H41NO3Si2/c1-25-14-13-20-19-12-10-18(28-30(3,4)5)15-17(19)9-11-21(20)24(25)22(29-31(6,7)8)16-23(25)26-27-2/h10,12,15,20-22,24H,9,11,13-14,16H2,1-8H3/b26-23-/t20-,21-,22-,24-,25-/m1/s1. The SMILES string of the molecule is CO/N=C1/C[C@@H](O[Si](C)(C)C)[C@H]2[C@@H]3CCc4cc(O[Si](C)(C)C)ccc4[C@H]3CC[C@]12C. The van der Waals surface area contributed by atoms with Crippen molar-refractivity contribution in [3.8, 4) is 5.75 Å². The van der Waals surface area contributed by atoms with E-state index in [-0.39, 0.29) is 11.5 Å². The third kappa shape index (κ3) is 4.53. The van der Waals surface area contributed by atoms with Crippen LogP contribution < -0.4 is 4.43 Å². The van der Waals surface area contributed by atoms with Gasteiger partial charge in [0.15, 0.2) is 8.32 Å². The number of hydrogen-bond donors (Lipinski definition) is 0. The van der Waals surface area contributed by atoms with Gasteiger partial charge in [-0.3, -0.25) is 0 Å². The van der Waals surface area contributed by atoms with Crippen molar-refractivity contribution in [3.05, 3.63) is 29.3 Å². The highest BCUT2D eigenvalue weighted by molar-refractivity contribution is 6.70. The molecule has 1 aromatic carbocycles. The van der Waals surface area contributed by atoms with Gasteiger partial charge in [-0.05, 0) is 106 Å². The van der Waals surface area contributed by atoms with Crippen LogP contribution in [-0.4, -0.2) is 35.6 Å². The summed E-state index contributed by atoms with van der Waals surface area (Å²) in [5.41, 5.74) is 4.39. The van der Waals surface area contributed by atoms with Gasteiger partial charge in [0.1, 0.15) is 12.9 Å². The molecule has 3 aliphatic rings. The lowest BCUT2D eigenvalue weighted by Gasteiger charge is -2.50. The summed E-state index contributed by atoms with van der Waals surface area (Å²) < 4.78 is 13.1. The average molecular weight is 460 g/mol. The van der Waals surface area contributed by atoms with Crippen LogP contribution in [0.3, 0.4) is 0 Å². The quantitative estimate of drug-likeness (QED) is 0.368. The maximum absolute atomic E-state index is 6.81. The van der Waals surface area contributed by atoms with Gasteiger partial charge in [-0.2, -0.15) is 0 Å². The molecule has 4 rings (SSSR count). The first-order valence-corrected chi connectivity index (χ1v) is 18.8. The van der Waals surface area contributed by atoms with Gasteiger partial charge in [-0.25, -0.2) is 0 Å². The van der Waals surface area contributed by atoms with Gasteiger partial charge in [-0.15, -0.1) is 0 Å². The summed E-state index contributed by atoms with van der Waals surface area (Å²) in [5, 5.41) is 4.53. The van der Waals surface area contributed by atoms with Crippen LogP contribution in [0.15, 0.2) is 23.4 Å². The van der Waals surface area contributed by atoms with Crippen molar-refractivity contribution >= 4 is 22.3 Å². The highest BCUT2D eigenvalue weighted by Crippen LogP contribution is 2.61. The summed E-state index contributed by atoms with van der Waals surface area (Å²) in [5.74, 6) is 2.86. The number of fused-ring (bicyclic) bond motifs is 5. The summed E-state index contributed by atoms with van der Waals surface area (Å²) in [7, 11) is -1.56. The smallest absolute Gasteiger partial charge is 0.242 e. The van der Waals surface area contributed by atoms with E-state index >= 15 is 0 Å². The molecule has 2 saturated carbocycles. The van der Waals surface area contributed by atoms with Crippen LogP contribution in [0.4, 0.5) is 0 Å². The van der Waals surface area contributed by atoms with Gasteiger partial charge in [0.2, 0.25) is 8.32 Å². The molecule has 0 bridgehead atoms. The molecular formula is C25H41NO3Si2. The minimum absolute atomic E-state index is 0.0971. The van der Waals surface area contributed by atoms with Gasteiger partial charge >= 0.3 is 0 Å². The van der Waals surface area contributed by atoms with Crippen molar-refractivity contribution in [2.75, 3.05) is 7.11 Å². The molecule has 0 aromatic heterocycles. The lowest BCUT2D eigenvalue weighted by Crippen LogP contribution is -2.47. The van der Waals surface area contributed by atoms with Crippen LogP contribution in [0.1, 0.15) is 49.7 Å². The Hall–Kier alpha value is -1.12. The third-order valence-electron chi connectivity index (χ3n) is 7.53. The van der Waals surface area contributed by atoms with E-state index in [0.29, 0.717) is 17.8 Å². The van der Waals surface area contributed by atoms with Crippen LogP contribution in [0.5, 0.6) is 5.75 Å². The highest BCUT2D eigenvalue weighted by atomic mass is 28.4. The fourth-order valence-corrected chi connectivity index (χ4v) is 8.59. The molecule has 172 valence electrons. The van der Waals surface area contributed by atoms with Crippen molar-refractivity contribution in [2.45, 2.75) is 90.3 Å². The molecule has 31 heavy (non-hydrogen) atoms. The Morgan fingerprint density at radius 3 is 2.42 bits per heavy atom. The monoisotopic (exact) mass is 459 g/mol. The van der Waals surface area contributed by atoms with Gasteiger partial charge in [-0.1, -0.05) is 18.1 Å². The molecule has 0 spiro atoms. The van der Waals surface area contributed by atoms with E-state index in [1.807, 2.05) is 0 Å². The molecule has 0 amide bonds. The van der Waals surface area contributed by atoms with Crippen molar-refractivity contribution in [1.82, 2.24) is 0 Å². The maximum Gasteiger partial charge on any atom is 0.242 e. The number of oxime groups is 1. The molecule has 0 saturated heterocycles.